The van der Waals surface area contributed by atoms with Crippen LogP contribution in [0.3, 0.4) is 0 Å². The molecule has 0 atom stereocenters. The van der Waals surface area contributed by atoms with E-state index >= 15 is 0 Å². The van der Waals surface area contributed by atoms with E-state index in [0.29, 0.717) is 17.7 Å². The highest BCUT2D eigenvalue weighted by atomic mass is 35.5. The number of anilines is 1. The summed E-state index contributed by atoms with van der Waals surface area (Å²) in [6, 6.07) is 5.70. The first kappa shape index (κ1) is 15.6. The van der Waals surface area contributed by atoms with Crippen molar-refractivity contribution in [2.24, 2.45) is 5.10 Å². The SMILES string of the molecule is CCc1cc(=O)[nH]c(N/N=C\c2ccc(Cl)c([N+](=O)[O-])c2)n1. The molecule has 22 heavy (non-hydrogen) atoms. The molecule has 0 saturated heterocycles. The van der Waals surface area contributed by atoms with Crippen molar-refractivity contribution >= 4 is 29.5 Å². The number of hydrogen-bond donors (Lipinski definition) is 2. The van der Waals surface area contributed by atoms with E-state index in [1.165, 1.54) is 24.4 Å². The van der Waals surface area contributed by atoms with Gasteiger partial charge in [-0.3, -0.25) is 19.9 Å². The van der Waals surface area contributed by atoms with E-state index in [2.05, 4.69) is 20.5 Å². The van der Waals surface area contributed by atoms with Gasteiger partial charge in [0.25, 0.3) is 11.2 Å². The third-order valence-corrected chi connectivity index (χ3v) is 3.03. The first-order valence-electron chi connectivity index (χ1n) is 6.33. The molecule has 0 unspecified atom stereocenters. The van der Waals surface area contributed by atoms with Crippen LogP contribution in [0, 0.1) is 10.1 Å². The second-order valence-electron chi connectivity index (χ2n) is 4.28. The molecular formula is C13H12ClN5O3. The molecule has 1 aromatic heterocycles. The van der Waals surface area contributed by atoms with Crippen molar-refractivity contribution < 1.29 is 4.92 Å². The van der Waals surface area contributed by atoms with Crippen molar-refractivity contribution in [1.82, 2.24) is 9.97 Å². The predicted molar refractivity (Wildman–Crippen MR) is 83.6 cm³/mol. The number of aromatic nitrogens is 2. The molecule has 2 rings (SSSR count). The lowest BCUT2D eigenvalue weighted by Crippen LogP contribution is -2.11. The van der Waals surface area contributed by atoms with Crippen molar-refractivity contribution in [3.8, 4) is 0 Å². The molecule has 9 heteroatoms. The lowest BCUT2D eigenvalue weighted by Gasteiger charge is -2.01. The van der Waals surface area contributed by atoms with Gasteiger partial charge in [-0.15, -0.1) is 0 Å². The van der Waals surface area contributed by atoms with Crippen LogP contribution in [0.4, 0.5) is 11.6 Å². The quantitative estimate of drug-likeness (QED) is 0.498. The molecule has 0 amide bonds. The van der Waals surface area contributed by atoms with Gasteiger partial charge >= 0.3 is 0 Å². The second-order valence-corrected chi connectivity index (χ2v) is 4.68. The molecule has 0 aliphatic carbocycles. The number of benzene rings is 1. The summed E-state index contributed by atoms with van der Waals surface area (Å²) in [5.74, 6) is 0.198. The minimum Gasteiger partial charge on any atom is -0.291 e. The predicted octanol–water partition coefficient (Wildman–Crippen LogP) is 2.34. The van der Waals surface area contributed by atoms with Crippen LogP contribution in [0.1, 0.15) is 18.2 Å². The Morgan fingerprint density at radius 1 is 1.50 bits per heavy atom. The Kier molecular flexibility index (Phi) is 4.84. The second kappa shape index (κ2) is 6.81. The third kappa shape index (κ3) is 3.89. The van der Waals surface area contributed by atoms with Gasteiger partial charge in [-0.05, 0) is 12.5 Å². The van der Waals surface area contributed by atoms with E-state index in [1.807, 2.05) is 6.92 Å². The Morgan fingerprint density at radius 2 is 2.27 bits per heavy atom. The van der Waals surface area contributed by atoms with Gasteiger partial charge in [0.15, 0.2) is 0 Å². The van der Waals surface area contributed by atoms with Crippen LogP contribution in [-0.4, -0.2) is 21.1 Å². The summed E-state index contributed by atoms with van der Waals surface area (Å²) in [6.45, 7) is 1.88. The number of halogens is 1. The molecule has 0 radical (unpaired) electrons. The molecule has 2 aromatic rings. The summed E-state index contributed by atoms with van der Waals surface area (Å²) in [7, 11) is 0. The normalized spacial score (nSPS) is 10.8. The highest BCUT2D eigenvalue weighted by molar-refractivity contribution is 6.32. The van der Waals surface area contributed by atoms with Crippen LogP contribution < -0.4 is 11.0 Å². The lowest BCUT2D eigenvalue weighted by atomic mass is 10.2. The highest BCUT2D eigenvalue weighted by Gasteiger charge is 2.11. The number of hydrogen-bond acceptors (Lipinski definition) is 6. The van der Waals surface area contributed by atoms with E-state index in [9.17, 15) is 14.9 Å². The third-order valence-electron chi connectivity index (χ3n) is 2.71. The lowest BCUT2D eigenvalue weighted by molar-refractivity contribution is -0.384. The number of aryl methyl sites for hydroxylation is 1. The molecule has 0 aliphatic rings. The van der Waals surface area contributed by atoms with E-state index in [4.69, 9.17) is 11.6 Å². The summed E-state index contributed by atoms with van der Waals surface area (Å²) >= 11 is 5.72. The number of nitrogens with one attached hydrogen (secondary N) is 2. The Bertz CT molecular complexity index is 787. The Hall–Kier alpha value is -2.74. The average molecular weight is 322 g/mol. The minimum atomic E-state index is -0.573. The standard InChI is InChI=1S/C13H12ClN5O3/c1-2-9-6-12(20)17-13(16-9)18-15-7-8-3-4-10(14)11(5-8)19(21)22/h3-7H,2H2,1H3,(H2,16,17,18,20)/b15-7-. The number of nitro groups is 1. The number of hydrazone groups is 1. The molecule has 0 aliphatic heterocycles. The van der Waals surface area contributed by atoms with Crippen LogP contribution in [0.5, 0.6) is 0 Å². The topological polar surface area (TPSA) is 113 Å². The molecule has 1 aromatic carbocycles. The van der Waals surface area contributed by atoms with E-state index in [-0.39, 0.29) is 22.2 Å². The molecule has 114 valence electrons. The Labute approximate surface area is 130 Å². The van der Waals surface area contributed by atoms with Crippen LogP contribution in [-0.2, 0) is 6.42 Å². The van der Waals surface area contributed by atoms with Crippen LogP contribution >= 0.6 is 11.6 Å². The number of H-pyrrole nitrogens is 1. The zero-order chi connectivity index (χ0) is 16.1. The van der Waals surface area contributed by atoms with Crippen LogP contribution in [0.15, 0.2) is 34.2 Å². The molecular weight excluding hydrogens is 310 g/mol. The number of nitrogens with zero attached hydrogens (tertiary/aromatic N) is 3. The molecule has 2 N–H and O–H groups in total. The minimum absolute atomic E-state index is 0.0525. The maximum atomic E-state index is 11.4. The van der Waals surface area contributed by atoms with Gasteiger partial charge in [0.05, 0.1) is 11.1 Å². The zero-order valence-electron chi connectivity index (χ0n) is 11.5. The largest absolute Gasteiger partial charge is 0.291 e. The fraction of sp³-hybridized carbons (Fsp3) is 0.154. The fourth-order valence-corrected chi connectivity index (χ4v) is 1.85. The van der Waals surface area contributed by atoms with Crippen molar-refractivity contribution in [2.45, 2.75) is 13.3 Å². The van der Waals surface area contributed by atoms with Crippen LogP contribution in [0.25, 0.3) is 0 Å². The van der Waals surface area contributed by atoms with Crippen LogP contribution in [0.2, 0.25) is 5.02 Å². The number of nitro benzene ring substituents is 1. The first-order chi connectivity index (χ1) is 10.5. The summed E-state index contributed by atoms with van der Waals surface area (Å²) in [4.78, 5) is 28.2. The van der Waals surface area contributed by atoms with Crippen molar-refractivity contribution in [2.75, 3.05) is 5.43 Å². The Balaban J connectivity index is 2.16. The molecule has 0 fully saturated rings. The molecule has 0 saturated carbocycles. The van der Waals surface area contributed by atoms with E-state index < -0.39 is 4.92 Å². The maximum absolute atomic E-state index is 11.4. The van der Waals surface area contributed by atoms with Gasteiger partial charge in [-0.1, -0.05) is 24.6 Å². The van der Waals surface area contributed by atoms with Gasteiger partial charge in [0.2, 0.25) is 5.95 Å². The smallest absolute Gasteiger partial charge is 0.288 e. The molecule has 0 bridgehead atoms. The number of aromatic amines is 1. The highest BCUT2D eigenvalue weighted by Crippen LogP contribution is 2.24. The molecule has 8 nitrogen and oxygen atoms in total. The van der Waals surface area contributed by atoms with Gasteiger partial charge in [-0.25, -0.2) is 10.4 Å². The van der Waals surface area contributed by atoms with E-state index in [0.717, 1.165) is 0 Å². The summed E-state index contributed by atoms with van der Waals surface area (Å²) in [6.07, 6.45) is 1.98. The zero-order valence-corrected chi connectivity index (χ0v) is 12.3. The summed E-state index contributed by atoms with van der Waals surface area (Å²) in [5, 5.41) is 14.7. The van der Waals surface area contributed by atoms with E-state index in [1.54, 1.807) is 6.07 Å². The van der Waals surface area contributed by atoms with Crippen molar-refractivity contribution in [1.29, 1.82) is 0 Å². The van der Waals surface area contributed by atoms with Gasteiger partial charge < -0.3 is 0 Å². The summed E-state index contributed by atoms with van der Waals surface area (Å²) < 4.78 is 0. The monoisotopic (exact) mass is 321 g/mol. The van der Waals surface area contributed by atoms with Crippen molar-refractivity contribution in [3.63, 3.8) is 0 Å². The number of rotatable bonds is 5. The van der Waals surface area contributed by atoms with Gasteiger partial charge in [0.1, 0.15) is 5.02 Å². The first-order valence-corrected chi connectivity index (χ1v) is 6.70. The molecule has 1 heterocycles. The maximum Gasteiger partial charge on any atom is 0.288 e. The molecule has 0 spiro atoms. The van der Waals surface area contributed by atoms with Gasteiger partial charge in [0, 0.05) is 23.4 Å². The summed E-state index contributed by atoms with van der Waals surface area (Å²) in [5.41, 5.74) is 3.20. The fourth-order valence-electron chi connectivity index (χ4n) is 1.66. The van der Waals surface area contributed by atoms with Crippen molar-refractivity contribution in [3.05, 3.63) is 61.0 Å². The Morgan fingerprint density at radius 3 is 2.95 bits per heavy atom. The average Bonchev–Trinajstić information content (AvgIpc) is 2.48. The van der Waals surface area contributed by atoms with Gasteiger partial charge in [-0.2, -0.15) is 5.10 Å².